The van der Waals surface area contributed by atoms with Crippen LogP contribution in [0.4, 0.5) is 5.69 Å². The molecule has 112 valence electrons. The normalized spacial score (nSPS) is 12.0. The Morgan fingerprint density at radius 2 is 1.95 bits per heavy atom. The summed E-state index contributed by atoms with van der Waals surface area (Å²) < 4.78 is 0. The summed E-state index contributed by atoms with van der Waals surface area (Å²) in [5, 5.41) is 6.29. The lowest BCUT2D eigenvalue weighted by molar-refractivity contribution is 0.0933. The van der Waals surface area contributed by atoms with Crippen molar-refractivity contribution in [3.05, 3.63) is 29.3 Å². The van der Waals surface area contributed by atoms with Crippen molar-refractivity contribution in [2.75, 3.05) is 12.4 Å². The van der Waals surface area contributed by atoms with E-state index in [1.54, 1.807) is 0 Å². The van der Waals surface area contributed by atoms with Gasteiger partial charge in [-0.25, -0.2) is 0 Å². The Morgan fingerprint density at radius 1 is 1.20 bits per heavy atom. The molecular formula is C17H28N2O. The summed E-state index contributed by atoms with van der Waals surface area (Å²) in [7, 11) is 1.85. The highest BCUT2D eigenvalue weighted by atomic mass is 16.1. The molecule has 0 fully saturated rings. The van der Waals surface area contributed by atoms with E-state index in [0.29, 0.717) is 6.04 Å². The molecule has 1 aromatic carbocycles. The lowest BCUT2D eigenvalue weighted by atomic mass is 10.0. The van der Waals surface area contributed by atoms with Crippen molar-refractivity contribution in [2.45, 2.75) is 58.9 Å². The Balaban J connectivity index is 2.77. The summed E-state index contributed by atoms with van der Waals surface area (Å²) in [5.74, 6) is 0.0314. The maximum absolute atomic E-state index is 12.4. The van der Waals surface area contributed by atoms with Gasteiger partial charge in [0.2, 0.25) is 0 Å². The predicted octanol–water partition coefficient (Wildman–Crippen LogP) is 4.13. The van der Waals surface area contributed by atoms with E-state index in [1.165, 1.54) is 6.42 Å². The highest BCUT2D eigenvalue weighted by Crippen LogP contribution is 2.18. The topological polar surface area (TPSA) is 41.1 Å². The molecule has 0 aromatic heterocycles. The van der Waals surface area contributed by atoms with Crippen molar-refractivity contribution in [1.82, 2.24) is 5.32 Å². The first-order valence-corrected chi connectivity index (χ1v) is 7.71. The minimum Gasteiger partial charge on any atom is -0.387 e. The van der Waals surface area contributed by atoms with Crippen LogP contribution < -0.4 is 10.6 Å². The Bertz CT molecular complexity index is 429. The van der Waals surface area contributed by atoms with Gasteiger partial charge in [-0.1, -0.05) is 39.2 Å². The number of hydrogen-bond donors (Lipinski definition) is 2. The third-order valence-corrected chi connectivity index (χ3v) is 3.57. The number of unbranched alkanes of at least 4 members (excludes halogenated alkanes) is 1. The van der Waals surface area contributed by atoms with E-state index in [9.17, 15) is 4.79 Å². The Morgan fingerprint density at radius 3 is 2.55 bits per heavy atom. The SMILES string of the molecule is CCCCC(CCC)NC(=O)c1ccc(C)cc1NC. The van der Waals surface area contributed by atoms with Crippen LogP contribution in [0.5, 0.6) is 0 Å². The van der Waals surface area contributed by atoms with Gasteiger partial charge < -0.3 is 10.6 Å². The van der Waals surface area contributed by atoms with E-state index in [4.69, 9.17) is 0 Å². The van der Waals surface area contributed by atoms with Crippen molar-refractivity contribution in [3.8, 4) is 0 Å². The van der Waals surface area contributed by atoms with Crippen molar-refractivity contribution < 1.29 is 4.79 Å². The molecule has 0 bridgehead atoms. The second kappa shape index (κ2) is 8.62. The molecule has 0 aliphatic heterocycles. The molecular weight excluding hydrogens is 248 g/mol. The summed E-state index contributed by atoms with van der Waals surface area (Å²) in [6.45, 7) is 6.38. The molecule has 0 spiro atoms. The van der Waals surface area contributed by atoms with Gasteiger partial charge in [0.1, 0.15) is 0 Å². The zero-order valence-corrected chi connectivity index (χ0v) is 13.3. The average molecular weight is 276 g/mol. The van der Waals surface area contributed by atoms with E-state index >= 15 is 0 Å². The van der Waals surface area contributed by atoms with E-state index in [1.807, 2.05) is 32.2 Å². The number of nitrogens with one attached hydrogen (secondary N) is 2. The standard InChI is InChI=1S/C17H28N2O/c1-5-7-9-14(8-6-2)19-17(20)15-11-10-13(3)12-16(15)18-4/h10-12,14,18H,5-9H2,1-4H3,(H,19,20). The van der Waals surface area contributed by atoms with E-state index in [2.05, 4.69) is 24.5 Å². The van der Waals surface area contributed by atoms with Crippen molar-refractivity contribution in [3.63, 3.8) is 0 Å². The summed E-state index contributed by atoms with van der Waals surface area (Å²) in [6.07, 6.45) is 5.55. The van der Waals surface area contributed by atoms with Crippen LogP contribution in [0.15, 0.2) is 18.2 Å². The third-order valence-electron chi connectivity index (χ3n) is 3.57. The quantitative estimate of drug-likeness (QED) is 0.749. The van der Waals surface area contributed by atoms with Gasteiger partial charge in [-0.05, 0) is 37.5 Å². The fourth-order valence-electron chi connectivity index (χ4n) is 2.41. The molecule has 0 saturated carbocycles. The Hall–Kier alpha value is -1.51. The molecule has 1 amide bonds. The third kappa shape index (κ3) is 4.87. The molecule has 0 radical (unpaired) electrons. The van der Waals surface area contributed by atoms with Gasteiger partial charge in [-0.2, -0.15) is 0 Å². The van der Waals surface area contributed by atoms with Gasteiger partial charge >= 0.3 is 0 Å². The van der Waals surface area contributed by atoms with Gasteiger partial charge in [-0.3, -0.25) is 4.79 Å². The summed E-state index contributed by atoms with van der Waals surface area (Å²) in [6, 6.07) is 6.18. The zero-order chi connectivity index (χ0) is 15.0. The van der Waals surface area contributed by atoms with Crippen molar-refractivity contribution in [1.29, 1.82) is 0 Å². The van der Waals surface area contributed by atoms with Crippen molar-refractivity contribution >= 4 is 11.6 Å². The molecule has 2 N–H and O–H groups in total. The molecule has 20 heavy (non-hydrogen) atoms. The smallest absolute Gasteiger partial charge is 0.253 e. The molecule has 3 nitrogen and oxygen atoms in total. The van der Waals surface area contributed by atoms with Crippen LogP contribution in [0.2, 0.25) is 0 Å². The Labute approximate surface area is 123 Å². The molecule has 0 aliphatic carbocycles. The van der Waals surface area contributed by atoms with Crippen LogP contribution in [0.3, 0.4) is 0 Å². The van der Waals surface area contributed by atoms with Crippen molar-refractivity contribution in [2.24, 2.45) is 0 Å². The molecule has 1 rings (SSSR count). The Kier molecular flexibility index (Phi) is 7.13. The number of carbonyl (C=O) groups excluding carboxylic acids is 1. The van der Waals surface area contributed by atoms with Crippen LogP contribution in [-0.2, 0) is 0 Å². The summed E-state index contributed by atoms with van der Waals surface area (Å²) in [5.41, 5.74) is 2.78. The fourth-order valence-corrected chi connectivity index (χ4v) is 2.41. The second-order valence-corrected chi connectivity index (χ2v) is 5.40. The minimum absolute atomic E-state index is 0.0314. The van der Waals surface area contributed by atoms with Crippen LogP contribution in [0.25, 0.3) is 0 Å². The van der Waals surface area contributed by atoms with Gasteiger partial charge in [-0.15, -0.1) is 0 Å². The first kappa shape index (κ1) is 16.5. The maximum Gasteiger partial charge on any atom is 0.253 e. The van der Waals surface area contributed by atoms with Crippen LogP contribution >= 0.6 is 0 Å². The number of aryl methyl sites for hydroxylation is 1. The number of carbonyl (C=O) groups is 1. The molecule has 0 saturated heterocycles. The first-order valence-electron chi connectivity index (χ1n) is 7.71. The number of rotatable bonds is 8. The van der Waals surface area contributed by atoms with Gasteiger partial charge in [0.25, 0.3) is 5.91 Å². The molecule has 1 aromatic rings. The largest absolute Gasteiger partial charge is 0.387 e. The van der Waals surface area contributed by atoms with Crippen LogP contribution in [0.1, 0.15) is 61.9 Å². The summed E-state index contributed by atoms with van der Waals surface area (Å²) in [4.78, 5) is 12.4. The van der Waals surface area contributed by atoms with Crippen LogP contribution in [-0.4, -0.2) is 19.0 Å². The number of amides is 1. The number of hydrogen-bond acceptors (Lipinski definition) is 2. The second-order valence-electron chi connectivity index (χ2n) is 5.40. The van der Waals surface area contributed by atoms with E-state index in [0.717, 1.165) is 42.5 Å². The lowest BCUT2D eigenvalue weighted by Gasteiger charge is -2.19. The molecule has 1 atom stereocenters. The minimum atomic E-state index is 0.0314. The average Bonchev–Trinajstić information content (AvgIpc) is 2.44. The highest BCUT2D eigenvalue weighted by Gasteiger charge is 2.15. The van der Waals surface area contributed by atoms with Crippen LogP contribution in [0, 0.1) is 6.92 Å². The summed E-state index contributed by atoms with van der Waals surface area (Å²) >= 11 is 0. The van der Waals surface area contributed by atoms with Gasteiger partial charge in [0.15, 0.2) is 0 Å². The number of anilines is 1. The molecule has 0 aliphatic rings. The molecule has 0 heterocycles. The zero-order valence-electron chi connectivity index (χ0n) is 13.3. The number of benzene rings is 1. The molecule has 3 heteroatoms. The highest BCUT2D eigenvalue weighted by molar-refractivity contribution is 5.99. The fraction of sp³-hybridized carbons (Fsp3) is 0.588. The first-order chi connectivity index (χ1) is 9.62. The predicted molar refractivity (Wildman–Crippen MR) is 86.4 cm³/mol. The van der Waals surface area contributed by atoms with E-state index < -0.39 is 0 Å². The molecule has 1 unspecified atom stereocenters. The van der Waals surface area contributed by atoms with E-state index in [-0.39, 0.29) is 5.91 Å². The lowest BCUT2D eigenvalue weighted by Crippen LogP contribution is -2.35. The van der Waals surface area contributed by atoms with Gasteiger partial charge in [0, 0.05) is 18.8 Å². The van der Waals surface area contributed by atoms with Gasteiger partial charge in [0.05, 0.1) is 5.56 Å². The maximum atomic E-state index is 12.4. The monoisotopic (exact) mass is 276 g/mol.